The fraction of sp³-hybridized carbons (Fsp3) is 0.421. The van der Waals surface area contributed by atoms with Gasteiger partial charge in [-0.2, -0.15) is 0 Å². The predicted molar refractivity (Wildman–Crippen MR) is 90.1 cm³/mol. The quantitative estimate of drug-likeness (QED) is 0.409. The van der Waals surface area contributed by atoms with Gasteiger partial charge in [-0.15, -0.1) is 0 Å². The van der Waals surface area contributed by atoms with Crippen LogP contribution in [-0.4, -0.2) is 12.5 Å². The van der Waals surface area contributed by atoms with Crippen molar-refractivity contribution in [2.45, 2.75) is 39.5 Å². The van der Waals surface area contributed by atoms with Gasteiger partial charge in [0.2, 0.25) is 5.91 Å². The van der Waals surface area contributed by atoms with Gasteiger partial charge in [0.05, 0.1) is 0 Å². The summed E-state index contributed by atoms with van der Waals surface area (Å²) in [7, 11) is 0. The predicted octanol–water partition coefficient (Wildman–Crippen LogP) is 4.28. The number of hydrogen-bond donors (Lipinski definition) is 1. The van der Waals surface area contributed by atoms with Crippen molar-refractivity contribution in [1.82, 2.24) is 5.32 Å². The van der Waals surface area contributed by atoms with E-state index in [1.165, 1.54) is 18.4 Å². The molecule has 1 aromatic carbocycles. The third kappa shape index (κ3) is 9.67. The number of aryl methyl sites for hydroxylation is 1. The molecule has 1 N–H and O–H groups in total. The summed E-state index contributed by atoms with van der Waals surface area (Å²) >= 11 is 0. The van der Waals surface area contributed by atoms with Gasteiger partial charge in [0.15, 0.2) is 0 Å². The Hall–Kier alpha value is -1.83. The Morgan fingerprint density at radius 1 is 1.14 bits per heavy atom. The van der Waals surface area contributed by atoms with E-state index in [0.29, 0.717) is 5.92 Å². The topological polar surface area (TPSA) is 29.1 Å². The first-order valence-electron chi connectivity index (χ1n) is 7.83. The third-order valence-corrected chi connectivity index (χ3v) is 3.11. The van der Waals surface area contributed by atoms with Gasteiger partial charge in [0, 0.05) is 12.6 Å². The Bertz CT molecular complexity index is 446. The molecule has 0 aliphatic rings. The zero-order chi connectivity index (χ0) is 15.3. The summed E-state index contributed by atoms with van der Waals surface area (Å²) in [5.74, 6) is 0.472. The molecule has 2 nitrogen and oxygen atoms in total. The molecule has 21 heavy (non-hydrogen) atoms. The van der Waals surface area contributed by atoms with Gasteiger partial charge < -0.3 is 5.32 Å². The van der Waals surface area contributed by atoms with Crippen LogP contribution in [0.2, 0.25) is 0 Å². The largest absolute Gasteiger partial charge is 0.352 e. The number of carbonyl (C=O) groups is 1. The molecule has 0 radical (unpaired) electrons. The molecule has 114 valence electrons. The fourth-order valence-electron chi connectivity index (χ4n) is 1.92. The van der Waals surface area contributed by atoms with Gasteiger partial charge in [0.25, 0.3) is 0 Å². The second kappa shape index (κ2) is 10.9. The molecule has 0 bridgehead atoms. The molecule has 1 amide bonds. The molecule has 0 saturated heterocycles. The number of carbonyl (C=O) groups excluding carboxylic acids is 1. The smallest absolute Gasteiger partial charge is 0.243 e. The lowest BCUT2D eigenvalue weighted by Crippen LogP contribution is -2.25. The van der Waals surface area contributed by atoms with E-state index in [2.05, 4.69) is 55.6 Å². The van der Waals surface area contributed by atoms with Crippen molar-refractivity contribution in [3.8, 4) is 0 Å². The minimum atomic E-state index is -0.0163. The van der Waals surface area contributed by atoms with E-state index < -0.39 is 0 Å². The summed E-state index contributed by atoms with van der Waals surface area (Å²) in [6.45, 7) is 4.89. The monoisotopic (exact) mass is 285 g/mol. The van der Waals surface area contributed by atoms with Crippen LogP contribution in [0.4, 0.5) is 0 Å². The summed E-state index contributed by atoms with van der Waals surface area (Å²) < 4.78 is 0. The van der Waals surface area contributed by atoms with Crippen LogP contribution >= 0.6 is 0 Å². The first-order chi connectivity index (χ1) is 10.2. The van der Waals surface area contributed by atoms with Crippen molar-refractivity contribution in [2.24, 2.45) is 5.92 Å². The molecule has 0 unspecified atom stereocenters. The number of amides is 1. The average Bonchev–Trinajstić information content (AvgIpc) is 2.49. The van der Waals surface area contributed by atoms with E-state index in [-0.39, 0.29) is 5.91 Å². The van der Waals surface area contributed by atoms with Crippen LogP contribution < -0.4 is 5.32 Å². The molecule has 2 heteroatoms. The summed E-state index contributed by atoms with van der Waals surface area (Å²) in [5, 5.41) is 2.85. The van der Waals surface area contributed by atoms with E-state index in [0.717, 1.165) is 19.4 Å². The summed E-state index contributed by atoms with van der Waals surface area (Å²) in [6, 6.07) is 10.6. The first-order valence-corrected chi connectivity index (χ1v) is 7.83. The van der Waals surface area contributed by atoms with Crippen LogP contribution in [0.5, 0.6) is 0 Å². The van der Waals surface area contributed by atoms with Crippen LogP contribution in [0.15, 0.2) is 54.6 Å². The second-order valence-electron chi connectivity index (χ2n) is 5.66. The van der Waals surface area contributed by atoms with Gasteiger partial charge in [0.1, 0.15) is 0 Å². The Morgan fingerprint density at radius 2 is 1.90 bits per heavy atom. The first kappa shape index (κ1) is 17.2. The molecule has 0 aliphatic carbocycles. The standard InChI is InChI=1S/C19H27NO/c1-17(2)16-20-19(21)15-11-6-4-3-5-8-12-18-13-9-7-10-14-18/h4,6-7,9-11,13-15,17H,3,5,8,12,16H2,1-2H3,(H,20,21). The maximum atomic E-state index is 11.4. The number of hydrogen-bond acceptors (Lipinski definition) is 1. The summed E-state index contributed by atoms with van der Waals surface area (Å²) in [4.78, 5) is 11.4. The van der Waals surface area contributed by atoms with Crippen molar-refractivity contribution in [3.63, 3.8) is 0 Å². The Morgan fingerprint density at radius 3 is 2.62 bits per heavy atom. The lowest BCUT2D eigenvalue weighted by Gasteiger charge is -2.03. The maximum absolute atomic E-state index is 11.4. The van der Waals surface area contributed by atoms with Crippen LogP contribution in [-0.2, 0) is 11.2 Å². The number of nitrogens with one attached hydrogen (secondary N) is 1. The maximum Gasteiger partial charge on any atom is 0.243 e. The molecule has 0 spiro atoms. The highest BCUT2D eigenvalue weighted by Gasteiger charge is 1.95. The molecule has 0 aliphatic heterocycles. The lowest BCUT2D eigenvalue weighted by atomic mass is 10.1. The molecule has 0 aromatic heterocycles. The van der Waals surface area contributed by atoms with Crippen LogP contribution in [0.25, 0.3) is 0 Å². The molecule has 0 fully saturated rings. The van der Waals surface area contributed by atoms with Gasteiger partial charge in [-0.25, -0.2) is 0 Å². The van der Waals surface area contributed by atoms with E-state index in [4.69, 9.17) is 0 Å². The van der Waals surface area contributed by atoms with Gasteiger partial charge >= 0.3 is 0 Å². The van der Waals surface area contributed by atoms with Crippen LogP contribution in [0.1, 0.15) is 38.7 Å². The van der Waals surface area contributed by atoms with Crippen molar-refractivity contribution < 1.29 is 4.79 Å². The number of unbranched alkanes of at least 4 members (excludes halogenated alkanes) is 2. The van der Waals surface area contributed by atoms with Crippen molar-refractivity contribution in [1.29, 1.82) is 0 Å². The van der Waals surface area contributed by atoms with Crippen LogP contribution in [0, 0.1) is 5.92 Å². The Labute approximate surface area is 129 Å². The molecular weight excluding hydrogens is 258 g/mol. The minimum Gasteiger partial charge on any atom is -0.352 e. The van der Waals surface area contributed by atoms with Gasteiger partial charge in [-0.3, -0.25) is 4.79 Å². The minimum absolute atomic E-state index is 0.0163. The zero-order valence-electron chi connectivity index (χ0n) is 13.2. The molecular formula is C19H27NO. The van der Waals surface area contributed by atoms with E-state index in [9.17, 15) is 4.79 Å². The SMILES string of the molecule is CC(C)CNC(=O)C=CC=CCCCCc1ccccc1. The molecule has 0 saturated carbocycles. The lowest BCUT2D eigenvalue weighted by molar-refractivity contribution is -0.116. The van der Waals surface area contributed by atoms with E-state index in [1.54, 1.807) is 6.08 Å². The highest BCUT2D eigenvalue weighted by Crippen LogP contribution is 2.06. The van der Waals surface area contributed by atoms with Gasteiger partial charge in [-0.1, -0.05) is 62.4 Å². The fourth-order valence-corrected chi connectivity index (χ4v) is 1.92. The Kier molecular flexibility index (Phi) is 8.94. The van der Waals surface area contributed by atoms with Crippen molar-refractivity contribution in [2.75, 3.05) is 6.54 Å². The summed E-state index contributed by atoms with van der Waals surface area (Å²) in [6.07, 6.45) is 12.1. The second-order valence-corrected chi connectivity index (χ2v) is 5.66. The summed E-state index contributed by atoms with van der Waals surface area (Å²) in [5.41, 5.74) is 1.41. The van der Waals surface area contributed by atoms with Crippen molar-refractivity contribution >= 4 is 5.91 Å². The van der Waals surface area contributed by atoms with Gasteiger partial charge in [-0.05, 0) is 37.2 Å². The number of benzene rings is 1. The molecule has 1 aromatic rings. The molecule has 0 heterocycles. The highest BCUT2D eigenvalue weighted by atomic mass is 16.1. The molecule has 0 atom stereocenters. The number of rotatable bonds is 9. The van der Waals surface area contributed by atoms with Crippen molar-refractivity contribution in [3.05, 3.63) is 60.2 Å². The highest BCUT2D eigenvalue weighted by molar-refractivity contribution is 5.87. The number of allylic oxidation sites excluding steroid dienone is 3. The Balaban J connectivity index is 2.05. The van der Waals surface area contributed by atoms with E-state index in [1.807, 2.05) is 12.2 Å². The normalized spacial score (nSPS) is 11.6. The van der Waals surface area contributed by atoms with E-state index >= 15 is 0 Å². The molecule has 1 rings (SSSR count). The third-order valence-electron chi connectivity index (χ3n) is 3.11. The average molecular weight is 285 g/mol. The van der Waals surface area contributed by atoms with Crippen LogP contribution in [0.3, 0.4) is 0 Å². The zero-order valence-corrected chi connectivity index (χ0v) is 13.2.